The summed E-state index contributed by atoms with van der Waals surface area (Å²) in [5, 5.41) is 2.45. The Hall–Kier alpha value is -3.90. The van der Waals surface area contributed by atoms with Crippen molar-refractivity contribution in [1.82, 2.24) is 0 Å². The highest BCUT2D eigenvalue weighted by Gasteiger charge is 2.28. The smallest absolute Gasteiger partial charge is 0.339 e. The molecule has 9 nitrogen and oxygen atoms in total. The summed E-state index contributed by atoms with van der Waals surface area (Å²) < 4.78 is 51.2. The van der Waals surface area contributed by atoms with Gasteiger partial charge in [-0.25, -0.2) is 22.4 Å². The quantitative estimate of drug-likeness (QED) is 0.317. The van der Waals surface area contributed by atoms with Gasteiger partial charge in [0, 0.05) is 4.90 Å². The van der Waals surface area contributed by atoms with Crippen molar-refractivity contribution in [2.75, 3.05) is 36.6 Å². The molecule has 0 aromatic heterocycles. The average Bonchev–Trinajstić information content (AvgIpc) is 2.90. The van der Waals surface area contributed by atoms with Crippen molar-refractivity contribution >= 4 is 51.0 Å². The average molecular weight is 547 g/mol. The number of methoxy groups -OCH3 is 2. The van der Waals surface area contributed by atoms with Crippen LogP contribution in [0.2, 0.25) is 0 Å². The second kappa shape index (κ2) is 11.9. The van der Waals surface area contributed by atoms with Crippen LogP contribution in [0.4, 0.5) is 15.8 Å². The summed E-state index contributed by atoms with van der Waals surface area (Å²) in [5.41, 5.74) is -0.216. The maximum atomic E-state index is 14.0. The van der Waals surface area contributed by atoms with Crippen LogP contribution in [0.25, 0.3) is 0 Å². The van der Waals surface area contributed by atoms with Gasteiger partial charge in [-0.05, 0) is 66.9 Å². The number of carbonyl (C=O) groups excluding carboxylic acids is 3. The minimum absolute atomic E-state index is 0.0361. The number of nitrogens with one attached hydrogen (secondary N) is 1. The number of ether oxygens (including phenoxy) is 2. The van der Waals surface area contributed by atoms with Crippen LogP contribution < -0.4 is 9.62 Å². The van der Waals surface area contributed by atoms with E-state index in [2.05, 4.69) is 10.1 Å². The molecule has 0 saturated carbocycles. The Balaban J connectivity index is 2.00. The third-order valence-corrected chi connectivity index (χ3v) is 7.68. The number of esters is 2. The molecular weight excluding hydrogens is 523 g/mol. The lowest BCUT2D eigenvalue weighted by Crippen LogP contribution is -2.38. The van der Waals surface area contributed by atoms with Gasteiger partial charge in [-0.2, -0.15) is 0 Å². The van der Waals surface area contributed by atoms with E-state index in [-0.39, 0.29) is 27.4 Å². The van der Waals surface area contributed by atoms with E-state index in [1.54, 1.807) is 12.1 Å². The van der Waals surface area contributed by atoms with Gasteiger partial charge in [-0.15, -0.1) is 11.8 Å². The number of amides is 1. The van der Waals surface area contributed by atoms with Crippen molar-refractivity contribution in [2.24, 2.45) is 0 Å². The predicted molar refractivity (Wildman–Crippen MR) is 137 cm³/mol. The van der Waals surface area contributed by atoms with Crippen LogP contribution in [0.15, 0.2) is 76.5 Å². The number of rotatable bonds is 9. The molecule has 0 radical (unpaired) electrons. The Labute approximate surface area is 217 Å². The number of nitrogens with zero attached hydrogens (tertiary/aromatic N) is 1. The van der Waals surface area contributed by atoms with E-state index in [9.17, 15) is 27.2 Å². The van der Waals surface area contributed by atoms with Crippen LogP contribution >= 0.6 is 11.8 Å². The predicted octanol–water partition coefficient (Wildman–Crippen LogP) is 3.95. The number of sulfonamides is 1. The zero-order chi connectivity index (χ0) is 27.2. The molecule has 3 rings (SSSR count). The molecule has 37 heavy (non-hydrogen) atoms. The van der Waals surface area contributed by atoms with Gasteiger partial charge < -0.3 is 14.8 Å². The first-order chi connectivity index (χ1) is 17.6. The molecule has 3 aromatic rings. The first-order valence-electron chi connectivity index (χ1n) is 10.6. The lowest BCUT2D eigenvalue weighted by molar-refractivity contribution is -0.114. The second-order valence-corrected chi connectivity index (χ2v) is 10.2. The van der Waals surface area contributed by atoms with Crippen LogP contribution in [0.3, 0.4) is 0 Å². The summed E-state index contributed by atoms with van der Waals surface area (Å²) in [4.78, 5) is 38.0. The van der Waals surface area contributed by atoms with Gasteiger partial charge in [-0.1, -0.05) is 6.07 Å². The van der Waals surface area contributed by atoms with Crippen LogP contribution in [-0.4, -0.2) is 53.3 Å². The van der Waals surface area contributed by atoms with Crippen molar-refractivity contribution in [2.45, 2.75) is 9.79 Å². The second-order valence-electron chi connectivity index (χ2n) is 7.46. The standard InChI is InChI=1S/C25H23FN2O7S2/c1-34-24(30)16-7-12-21(25(31)35-2)22(13-16)27-23(29)15-28(18-6-4-5-17(26)14-18)37(32,33)20-10-8-19(36-3)9-11-20/h4-14H,15H2,1-3H3,(H,27,29). The highest BCUT2D eigenvalue weighted by Crippen LogP contribution is 2.27. The van der Waals surface area contributed by atoms with Gasteiger partial charge in [0.2, 0.25) is 5.91 Å². The molecule has 3 aromatic carbocycles. The van der Waals surface area contributed by atoms with Crippen molar-refractivity contribution in [3.63, 3.8) is 0 Å². The largest absolute Gasteiger partial charge is 0.465 e. The third-order valence-electron chi connectivity index (χ3n) is 5.15. The first kappa shape index (κ1) is 27.7. The van der Waals surface area contributed by atoms with E-state index in [0.29, 0.717) is 0 Å². The highest BCUT2D eigenvalue weighted by atomic mass is 32.2. The lowest BCUT2D eigenvalue weighted by Gasteiger charge is -2.24. The van der Waals surface area contributed by atoms with Gasteiger partial charge in [0.25, 0.3) is 10.0 Å². The summed E-state index contributed by atoms with van der Waals surface area (Å²) in [6, 6.07) is 14.6. The van der Waals surface area contributed by atoms with Gasteiger partial charge in [0.05, 0.1) is 41.6 Å². The van der Waals surface area contributed by atoms with E-state index in [4.69, 9.17) is 4.74 Å². The van der Waals surface area contributed by atoms with E-state index in [0.717, 1.165) is 28.4 Å². The zero-order valence-electron chi connectivity index (χ0n) is 20.1. The van der Waals surface area contributed by atoms with Crippen LogP contribution in [0, 0.1) is 5.82 Å². The molecule has 194 valence electrons. The molecule has 1 N–H and O–H groups in total. The maximum Gasteiger partial charge on any atom is 0.339 e. The molecule has 0 fully saturated rings. The summed E-state index contributed by atoms with van der Waals surface area (Å²) in [6.45, 7) is -0.765. The first-order valence-corrected chi connectivity index (χ1v) is 13.3. The SMILES string of the molecule is COC(=O)c1ccc(C(=O)OC)c(NC(=O)CN(c2cccc(F)c2)S(=O)(=O)c2ccc(SC)cc2)c1. The zero-order valence-corrected chi connectivity index (χ0v) is 21.7. The topological polar surface area (TPSA) is 119 Å². The summed E-state index contributed by atoms with van der Waals surface area (Å²) >= 11 is 1.42. The molecule has 0 bridgehead atoms. The molecule has 0 heterocycles. The van der Waals surface area contributed by atoms with E-state index >= 15 is 0 Å². The van der Waals surface area contributed by atoms with E-state index in [1.807, 2.05) is 6.26 Å². The molecule has 0 aliphatic carbocycles. The number of hydrogen-bond donors (Lipinski definition) is 1. The molecule has 0 unspecified atom stereocenters. The van der Waals surface area contributed by atoms with Crippen LogP contribution in [0.5, 0.6) is 0 Å². The third kappa shape index (κ3) is 6.46. The fourth-order valence-electron chi connectivity index (χ4n) is 3.32. The number of halogens is 1. The van der Waals surface area contributed by atoms with Gasteiger partial charge in [-0.3, -0.25) is 9.10 Å². The minimum Gasteiger partial charge on any atom is -0.465 e. The van der Waals surface area contributed by atoms with Crippen molar-refractivity contribution in [1.29, 1.82) is 0 Å². The van der Waals surface area contributed by atoms with Crippen molar-refractivity contribution in [3.8, 4) is 0 Å². The fraction of sp³-hybridized carbons (Fsp3) is 0.160. The molecule has 1 amide bonds. The highest BCUT2D eigenvalue weighted by molar-refractivity contribution is 7.98. The molecule has 12 heteroatoms. The molecule has 0 aliphatic rings. The number of benzene rings is 3. The number of hydrogen-bond acceptors (Lipinski definition) is 8. The summed E-state index contributed by atoms with van der Waals surface area (Å²) in [5.74, 6) is -3.07. The van der Waals surface area contributed by atoms with Crippen LogP contribution in [-0.2, 0) is 24.3 Å². The molecule has 0 aliphatic heterocycles. The van der Waals surface area contributed by atoms with Crippen LogP contribution in [0.1, 0.15) is 20.7 Å². The monoisotopic (exact) mass is 546 g/mol. The molecular formula is C25H23FN2O7S2. The Bertz CT molecular complexity index is 1430. The minimum atomic E-state index is -4.31. The Morgan fingerprint density at radius 1 is 0.946 bits per heavy atom. The summed E-state index contributed by atoms with van der Waals surface area (Å²) in [6.07, 6.45) is 1.84. The summed E-state index contributed by atoms with van der Waals surface area (Å²) in [7, 11) is -2.00. The number of anilines is 2. The van der Waals surface area contributed by atoms with E-state index < -0.39 is 40.2 Å². The van der Waals surface area contributed by atoms with Gasteiger partial charge in [0.15, 0.2) is 0 Å². The van der Waals surface area contributed by atoms with Gasteiger partial charge in [0.1, 0.15) is 12.4 Å². The molecule has 0 atom stereocenters. The number of carbonyl (C=O) groups is 3. The van der Waals surface area contributed by atoms with Crippen molar-refractivity contribution < 1.29 is 36.7 Å². The fourth-order valence-corrected chi connectivity index (χ4v) is 5.14. The van der Waals surface area contributed by atoms with Gasteiger partial charge >= 0.3 is 11.9 Å². The maximum absolute atomic E-state index is 14.0. The van der Waals surface area contributed by atoms with E-state index in [1.165, 1.54) is 61.3 Å². The number of thioether (sulfide) groups is 1. The Morgan fingerprint density at radius 2 is 1.62 bits per heavy atom. The Kier molecular flexibility index (Phi) is 8.90. The molecule has 0 spiro atoms. The Morgan fingerprint density at radius 3 is 2.22 bits per heavy atom. The normalized spacial score (nSPS) is 10.9. The molecule has 0 saturated heterocycles. The van der Waals surface area contributed by atoms with Crippen molar-refractivity contribution in [3.05, 3.63) is 83.7 Å². The lowest BCUT2D eigenvalue weighted by atomic mass is 10.1.